The van der Waals surface area contributed by atoms with Gasteiger partial charge in [-0.15, -0.1) is 0 Å². The van der Waals surface area contributed by atoms with E-state index in [1.54, 1.807) is 0 Å². The molecule has 7 heteroatoms. The number of anilines is 1. The van der Waals surface area contributed by atoms with Crippen molar-refractivity contribution in [2.45, 2.75) is 38.6 Å². The van der Waals surface area contributed by atoms with Crippen LogP contribution in [0.4, 0.5) is 10.6 Å². The lowest BCUT2D eigenvalue weighted by molar-refractivity contribution is -0.145. The number of imidazole rings is 1. The first kappa shape index (κ1) is 15.3. The second-order valence-electron chi connectivity index (χ2n) is 6.23. The molecule has 3 N–H and O–H groups in total. The van der Waals surface area contributed by atoms with Crippen molar-refractivity contribution in [3.05, 3.63) is 30.1 Å². The Morgan fingerprint density at radius 1 is 1.35 bits per heavy atom. The molecule has 1 saturated carbocycles. The third-order valence-electron chi connectivity index (χ3n) is 4.16. The molecule has 0 aromatic carbocycles. The van der Waals surface area contributed by atoms with Gasteiger partial charge in [0.05, 0.1) is 11.6 Å². The van der Waals surface area contributed by atoms with E-state index >= 15 is 0 Å². The smallest absolute Gasteiger partial charge is 0.320 e. The van der Waals surface area contributed by atoms with Crippen LogP contribution in [0.1, 0.15) is 38.3 Å². The van der Waals surface area contributed by atoms with Crippen molar-refractivity contribution in [1.29, 1.82) is 0 Å². The number of aliphatic carboxylic acids is 1. The van der Waals surface area contributed by atoms with E-state index in [1.807, 2.05) is 42.6 Å². The maximum absolute atomic E-state index is 12.2. The number of carbonyl (C=O) groups excluding carboxylic acids is 1. The minimum absolute atomic E-state index is 0.0854. The third kappa shape index (κ3) is 2.99. The van der Waals surface area contributed by atoms with Gasteiger partial charge in [-0.2, -0.15) is 0 Å². The van der Waals surface area contributed by atoms with Crippen LogP contribution in [0.3, 0.4) is 0 Å². The second kappa shape index (κ2) is 5.91. The number of aromatic nitrogens is 2. The van der Waals surface area contributed by atoms with Gasteiger partial charge in [-0.05, 0) is 30.9 Å². The monoisotopic (exact) mass is 316 g/mol. The highest BCUT2D eigenvalue weighted by molar-refractivity contribution is 5.90. The Bertz CT molecular complexity index is 747. The van der Waals surface area contributed by atoms with E-state index in [4.69, 9.17) is 5.11 Å². The summed E-state index contributed by atoms with van der Waals surface area (Å²) in [6, 6.07) is 5.25. The molecule has 2 heterocycles. The van der Waals surface area contributed by atoms with Gasteiger partial charge in [0.15, 0.2) is 0 Å². The Morgan fingerprint density at radius 3 is 2.74 bits per heavy atom. The maximum atomic E-state index is 12.2. The quantitative estimate of drug-likeness (QED) is 0.807. The lowest BCUT2D eigenvalue weighted by atomic mass is 9.80. The molecule has 0 unspecified atom stereocenters. The zero-order valence-corrected chi connectivity index (χ0v) is 13.1. The summed E-state index contributed by atoms with van der Waals surface area (Å²) >= 11 is 0. The number of carboxylic acid groups (broad SMARTS) is 1. The van der Waals surface area contributed by atoms with E-state index in [0.717, 1.165) is 11.3 Å². The summed E-state index contributed by atoms with van der Waals surface area (Å²) in [5.41, 5.74) is 1.60. The zero-order valence-electron chi connectivity index (χ0n) is 13.1. The molecular weight excluding hydrogens is 296 g/mol. The molecule has 3 rings (SSSR count). The summed E-state index contributed by atoms with van der Waals surface area (Å²) in [4.78, 5) is 27.5. The van der Waals surface area contributed by atoms with E-state index < -0.39 is 5.97 Å². The average molecular weight is 316 g/mol. The topological polar surface area (TPSA) is 95.7 Å². The fraction of sp³-hybridized carbons (Fsp3) is 0.438. The van der Waals surface area contributed by atoms with Crippen molar-refractivity contribution in [2.75, 3.05) is 5.32 Å². The first-order valence-corrected chi connectivity index (χ1v) is 7.73. The molecule has 7 nitrogen and oxygen atoms in total. The van der Waals surface area contributed by atoms with E-state index in [9.17, 15) is 9.59 Å². The number of carbonyl (C=O) groups is 2. The van der Waals surface area contributed by atoms with Gasteiger partial charge < -0.3 is 10.4 Å². The van der Waals surface area contributed by atoms with Gasteiger partial charge in [0.1, 0.15) is 11.5 Å². The van der Waals surface area contributed by atoms with Crippen LogP contribution < -0.4 is 10.6 Å². The molecule has 0 saturated heterocycles. The number of rotatable bonds is 4. The molecule has 1 aliphatic carbocycles. The predicted octanol–water partition coefficient (Wildman–Crippen LogP) is 2.44. The van der Waals surface area contributed by atoms with Gasteiger partial charge in [-0.3, -0.25) is 14.5 Å². The molecule has 0 radical (unpaired) electrons. The van der Waals surface area contributed by atoms with Gasteiger partial charge in [0, 0.05) is 12.2 Å². The number of urea groups is 1. The Morgan fingerprint density at radius 2 is 2.09 bits per heavy atom. The molecule has 122 valence electrons. The minimum Gasteiger partial charge on any atom is -0.481 e. The summed E-state index contributed by atoms with van der Waals surface area (Å²) in [7, 11) is 0. The number of hydrogen-bond donors (Lipinski definition) is 3. The van der Waals surface area contributed by atoms with Gasteiger partial charge in [-0.1, -0.05) is 19.9 Å². The molecule has 1 fully saturated rings. The molecule has 23 heavy (non-hydrogen) atoms. The largest absolute Gasteiger partial charge is 0.481 e. The van der Waals surface area contributed by atoms with Gasteiger partial charge in [0.25, 0.3) is 0 Å². The van der Waals surface area contributed by atoms with Gasteiger partial charge in [0.2, 0.25) is 0 Å². The molecule has 2 aromatic heterocycles. The van der Waals surface area contributed by atoms with E-state index in [2.05, 4.69) is 15.6 Å². The van der Waals surface area contributed by atoms with E-state index in [1.165, 1.54) is 0 Å². The molecule has 2 amide bonds. The molecule has 0 aliphatic heterocycles. The highest BCUT2D eigenvalue weighted by Gasteiger charge is 2.35. The summed E-state index contributed by atoms with van der Waals surface area (Å²) in [6.45, 7) is 4.04. The molecule has 0 atom stereocenters. The van der Waals surface area contributed by atoms with Crippen molar-refractivity contribution in [1.82, 2.24) is 14.7 Å². The number of nitrogens with one attached hydrogen (secondary N) is 2. The van der Waals surface area contributed by atoms with Crippen LogP contribution in [0.5, 0.6) is 0 Å². The normalized spacial score (nSPS) is 20.3. The minimum atomic E-state index is -0.799. The molecular formula is C16H20N4O3. The first-order chi connectivity index (χ1) is 11.0. The highest BCUT2D eigenvalue weighted by Crippen LogP contribution is 2.28. The number of amides is 2. The van der Waals surface area contributed by atoms with Crippen LogP contribution in [0.25, 0.3) is 5.65 Å². The molecule has 1 aliphatic rings. The lowest BCUT2D eigenvalue weighted by Gasteiger charge is -2.32. The number of pyridine rings is 1. The lowest BCUT2D eigenvalue weighted by Crippen LogP contribution is -2.48. The number of hydrogen-bond acceptors (Lipinski definition) is 3. The summed E-state index contributed by atoms with van der Waals surface area (Å²) in [5.74, 6) is -0.317. The van der Waals surface area contributed by atoms with Gasteiger partial charge in [-0.25, -0.2) is 9.78 Å². The average Bonchev–Trinajstić information content (AvgIpc) is 2.81. The maximum Gasteiger partial charge on any atom is 0.320 e. The standard InChI is InChI=1S/C16H20N4O3/c1-9(2)13-14(20-6-4-3-5-12(20)18-13)19-16(23)17-11-7-10(8-11)15(21)22/h3-6,9-11H,7-8H2,1-2H3,(H,21,22)(H2,17,19,23). The van der Waals surface area contributed by atoms with Crippen molar-refractivity contribution >= 4 is 23.5 Å². The first-order valence-electron chi connectivity index (χ1n) is 7.73. The van der Waals surface area contributed by atoms with E-state index in [0.29, 0.717) is 18.7 Å². The summed E-state index contributed by atoms with van der Waals surface area (Å²) < 4.78 is 1.84. The van der Waals surface area contributed by atoms with Crippen molar-refractivity contribution in [3.8, 4) is 0 Å². The Balaban J connectivity index is 1.72. The van der Waals surface area contributed by atoms with Crippen LogP contribution in [-0.4, -0.2) is 32.5 Å². The third-order valence-corrected chi connectivity index (χ3v) is 4.16. The van der Waals surface area contributed by atoms with Crippen LogP contribution in [-0.2, 0) is 4.79 Å². The highest BCUT2D eigenvalue weighted by atomic mass is 16.4. The van der Waals surface area contributed by atoms with Crippen LogP contribution >= 0.6 is 0 Å². The van der Waals surface area contributed by atoms with Crippen LogP contribution in [0.15, 0.2) is 24.4 Å². The Hall–Kier alpha value is -2.57. The fourth-order valence-corrected chi connectivity index (χ4v) is 2.81. The zero-order chi connectivity index (χ0) is 16.6. The molecule has 0 spiro atoms. The number of nitrogens with zero attached hydrogens (tertiary/aromatic N) is 2. The second-order valence-corrected chi connectivity index (χ2v) is 6.23. The van der Waals surface area contributed by atoms with Crippen molar-refractivity contribution in [3.63, 3.8) is 0 Å². The van der Waals surface area contributed by atoms with Crippen molar-refractivity contribution in [2.24, 2.45) is 5.92 Å². The van der Waals surface area contributed by atoms with Gasteiger partial charge >= 0.3 is 12.0 Å². The molecule has 2 aromatic rings. The Kier molecular flexibility index (Phi) is 3.94. The predicted molar refractivity (Wildman–Crippen MR) is 85.6 cm³/mol. The number of carboxylic acids is 1. The summed E-state index contributed by atoms with van der Waals surface area (Å²) in [5, 5.41) is 14.5. The molecule has 0 bridgehead atoms. The fourth-order valence-electron chi connectivity index (χ4n) is 2.81. The van der Waals surface area contributed by atoms with Crippen LogP contribution in [0.2, 0.25) is 0 Å². The SMILES string of the molecule is CC(C)c1nc2ccccn2c1NC(=O)NC1CC(C(=O)O)C1. The van der Waals surface area contributed by atoms with Crippen LogP contribution in [0, 0.1) is 5.92 Å². The van der Waals surface area contributed by atoms with E-state index in [-0.39, 0.29) is 23.9 Å². The summed E-state index contributed by atoms with van der Waals surface area (Å²) in [6.07, 6.45) is 2.81. The Labute approximate surface area is 133 Å². The number of fused-ring (bicyclic) bond motifs is 1. The van der Waals surface area contributed by atoms with Crippen molar-refractivity contribution < 1.29 is 14.7 Å².